The molecule has 0 amide bonds. The predicted molar refractivity (Wildman–Crippen MR) is 150 cm³/mol. The summed E-state index contributed by atoms with van der Waals surface area (Å²) in [5.74, 6) is 3.40. The summed E-state index contributed by atoms with van der Waals surface area (Å²) in [4.78, 5) is 0. The Kier molecular flexibility index (Phi) is 6.34. The van der Waals surface area contributed by atoms with Crippen LogP contribution in [0.2, 0.25) is 0 Å². The lowest BCUT2D eigenvalue weighted by Crippen LogP contribution is -2.28. The maximum Gasteiger partial charge on any atom is 0.00392 e. The van der Waals surface area contributed by atoms with E-state index >= 15 is 0 Å². The van der Waals surface area contributed by atoms with Crippen LogP contribution in [0.3, 0.4) is 0 Å². The summed E-state index contributed by atoms with van der Waals surface area (Å²) in [6.45, 7) is 11.0. The van der Waals surface area contributed by atoms with Gasteiger partial charge in [-0.1, -0.05) is 116 Å². The largest absolute Gasteiger partial charge is 0.0992 e. The van der Waals surface area contributed by atoms with E-state index in [-0.39, 0.29) is 0 Å². The molecule has 4 aliphatic rings. The first kappa shape index (κ1) is 23.1. The monoisotopic (exact) mass is 462 g/mol. The van der Waals surface area contributed by atoms with E-state index in [1.165, 1.54) is 84.8 Å². The molecule has 6 rings (SSSR count). The summed E-state index contributed by atoms with van der Waals surface area (Å²) in [6.07, 6.45) is 18.5. The van der Waals surface area contributed by atoms with Crippen LogP contribution in [-0.4, -0.2) is 0 Å². The normalized spacial score (nSPS) is 25.0. The van der Waals surface area contributed by atoms with Gasteiger partial charge in [-0.15, -0.1) is 0 Å². The van der Waals surface area contributed by atoms with Crippen molar-refractivity contribution >= 4 is 6.08 Å². The minimum absolute atomic E-state index is 0.489. The number of rotatable bonds is 6. The molecular weight excluding hydrogens is 420 g/mol. The molecule has 0 N–H and O–H groups in total. The van der Waals surface area contributed by atoms with Crippen LogP contribution in [0.25, 0.3) is 17.2 Å². The SMILES string of the molecule is C=C1CCC(=C)C1CC1=Cc2cccc(-c3cc(C)ccc3CC3CCCC(C4CCC4)C3)c2C1. The lowest BCUT2D eigenvalue weighted by Gasteiger charge is -2.39. The Bertz CT molecular complexity index is 1150. The van der Waals surface area contributed by atoms with Crippen molar-refractivity contribution in [3.63, 3.8) is 0 Å². The van der Waals surface area contributed by atoms with E-state index in [0.717, 1.165) is 43.4 Å². The second kappa shape index (κ2) is 9.61. The van der Waals surface area contributed by atoms with Gasteiger partial charge in [0, 0.05) is 5.92 Å². The summed E-state index contributed by atoms with van der Waals surface area (Å²) in [6, 6.07) is 14.3. The second-order valence-electron chi connectivity index (χ2n) is 12.3. The van der Waals surface area contributed by atoms with E-state index in [1.807, 2.05) is 0 Å². The molecule has 0 heteroatoms. The predicted octanol–water partition coefficient (Wildman–Crippen LogP) is 9.66. The van der Waals surface area contributed by atoms with E-state index in [1.54, 1.807) is 16.7 Å². The third-order valence-electron chi connectivity index (χ3n) is 9.90. The van der Waals surface area contributed by atoms with E-state index < -0.39 is 0 Å². The summed E-state index contributed by atoms with van der Waals surface area (Å²) in [7, 11) is 0. The van der Waals surface area contributed by atoms with Crippen LogP contribution >= 0.6 is 0 Å². The number of fused-ring (bicyclic) bond motifs is 1. The van der Waals surface area contributed by atoms with Gasteiger partial charge in [0.2, 0.25) is 0 Å². The number of benzene rings is 2. The quantitative estimate of drug-likeness (QED) is 0.375. The maximum absolute atomic E-state index is 4.36. The Balaban J connectivity index is 1.24. The summed E-state index contributed by atoms with van der Waals surface area (Å²) in [5, 5.41) is 0. The number of hydrogen-bond donors (Lipinski definition) is 0. The number of aryl methyl sites for hydroxylation is 1. The van der Waals surface area contributed by atoms with Gasteiger partial charge >= 0.3 is 0 Å². The molecule has 0 aliphatic heterocycles. The van der Waals surface area contributed by atoms with Crippen LogP contribution in [0.5, 0.6) is 0 Å². The lowest BCUT2D eigenvalue weighted by molar-refractivity contribution is 0.131. The first-order chi connectivity index (χ1) is 17.0. The van der Waals surface area contributed by atoms with E-state index in [9.17, 15) is 0 Å². The molecule has 2 aromatic carbocycles. The molecular formula is C35H42. The average Bonchev–Trinajstić information content (AvgIpc) is 3.37. The van der Waals surface area contributed by atoms with Gasteiger partial charge < -0.3 is 0 Å². The maximum atomic E-state index is 4.36. The van der Waals surface area contributed by atoms with E-state index in [0.29, 0.717) is 5.92 Å². The van der Waals surface area contributed by atoms with Crippen LogP contribution in [0.1, 0.15) is 86.5 Å². The highest BCUT2D eigenvalue weighted by molar-refractivity contribution is 5.79. The minimum atomic E-state index is 0.489. The molecule has 0 aromatic heterocycles. The minimum Gasteiger partial charge on any atom is -0.0992 e. The fourth-order valence-electron chi connectivity index (χ4n) is 7.62. The molecule has 0 spiro atoms. The molecule has 0 nitrogen and oxygen atoms in total. The van der Waals surface area contributed by atoms with Crippen molar-refractivity contribution in [1.82, 2.24) is 0 Å². The van der Waals surface area contributed by atoms with Crippen LogP contribution in [0.15, 0.2) is 66.3 Å². The molecule has 0 radical (unpaired) electrons. The molecule has 0 saturated heterocycles. The Morgan fingerprint density at radius 3 is 2.37 bits per heavy atom. The highest BCUT2D eigenvalue weighted by Crippen LogP contribution is 2.45. The van der Waals surface area contributed by atoms with Gasteiger partial charge in [0.1, 0.15) is 0 Å². The Labute approximate surface area is 213 Å². The smallest absolute Gasteiger partial charge is 0.00392 e. The summed E-state index contributed by atoms with van der Waals surface area (Å²) in [5.41, 5.74) is 13.2. The fraction of sp³-hybridized carbons (Fsp3) is 0.486. The zero-order valence-corrected chi connectivity index (χ0v) is 21.8. The van der Waals surface area contributed by atoms with Crippen LogP contribution in [0, 0.1) is 30.6 Å². The van der Waals surface area contributed by atoms with Crippen molar-refractivity contribution < 1.29 is 0 Å². The summed E-state index contributed by atoms with van der Waals surface area (Å²) < 4.78 is 0. The fourth-order valence-corrected chi connectivity index (χ4v) is 7.62. The van der Waals surface area contributed by atoms with E-state index in [4.69, 9.17) is 0 Å². The molecule has 182 valence electrons. The zero-order valence-electron chi connectivity index (χ0n) is 21.8. The molecule has 3 saturated carbocycles. The van der Waals surface area contributed by atoms with Gasteiger partial charge in [0.25, 0.3) is 0 Å². The van der Waals surface area contributed by atoms with Gasteiger partial charge in [-0.3, -0.25) is 0 Å². The molecule has 3 fully saturated rings. The molecule has 2 unspecified atom stereocenters. The van der Waals surface area contributed by atoms with Crippen molar-refractivity contribution in [3.05, 3.63) is 88.5 Å². The molecule has 2 aromatic rings. The average molecular weight is 463 g/mol. The van der Waals surface area contributed by atoms with Crippen molar-refractivity contribution in [2.45, 2.75) is 84.0 Å². The van der Waals surface area contributed by atoms with Gasteiger partial charge in [-0.25, -0.2) is 0 Å². The standard InChI is InChI=1S/C35H42/c1-23-13-16-31(19-26-7-4-10-29(18-26)28-8-5-9-28)34(17-23)32-12-6-11-30-20-27(22-35(30)32)21-33-24(2)14-15-25(33)3/h6,11-13,16-17,20,26,28-29,33H,2-5,7-10,14-15,18-19,21-22H2,1H3. The molecule has 4 aliphatic carbocycles. The third kappa shape index (κ3) is 4.62. The Morgan fingerprint density at radius 2 is 1.60 bits per heavy atom. The molecule has 2 atom stereocenters. The van der Waals surface area contributed by atoms with Crippen molar-refractivity contribution in [2.75, 3.05) is 0 Å². The number of hydrogen-bond acceptors (Lipinski definition) is 0. The summed E-state index contributed by atoms with van der Waals surface area (Å²) >= 11 is 0. The van der Waals surface area contributed by atoms with Gasteiger partial charge in [0.05, 0.1) is 0 Å². The van der Waals surface area contributed by atoms with Crippen molar-refractivity contribution in [3.8, 4) is 11.1 Å². The van der Waals surface area contributed by atoms with Gasteiger partial charge in [-0.05, 0) is 91.0 Å². The van der Waals surface area contributed by atoms with Crippen molar-refractivity contribution in [2.24, 2.45) is 23.7 Å². The van der Waals surface area contributed by atoms with E-state index in [2.05, 4.69) is 62.6 Å². The molecule has 0 bridgehead atoms. The lowest BCUT2D eigenvalue weighted by atomic mass is 9.66. The molecule has 35 heavy (non-hydrogen) atoms. The molecule has 0 heterocycles. The highest BCUT2D eigenvalue weighted by atomic mass is 14.4. The van der Waals surface area contributed by atoms with Gasteiger partial charge in [-0.2, -0.15) is 0 Å². The Hall–Kier alpha value is -2.34. The highest BCUT2D eigenvalue weighted by Gasteiger charge is 2.32. The Morgan fingerprint density at radius 1 is 0.829 bits per heavy atom. The number of allylic oxidation sites excluding steroid dienone is 3. The zero-order chi connectivity index (χ0) is 23.9. The van der Waals surface area contributed by atoms with Crippen LogP contribution in [-0.2, 0) is 12.8 Å². The van der Waals surface area contributed by atoms with Gasteiger partial charge in [0.15, 0.2) is 0 Å². The topological polar surface area (TPSA) is 0 Å². The van der Waals surface area contributed by atoms with Crippen molar-refractivity contribution in [1.29, 1.82) is 0 Å². The van der Waals surface area contributed by atoms with Crippen LogP contribution < -0.4 is 0 Å². The third-order valence-corrected chi connectivity index (χ3v) is 9.90. The first-order valence-corrected chi connectivity index (χ1v) is 14.3. The second-order valence-corrected chi connectivity index (χ2v) is 12.3. The first-order valence-electron chi connectivity index (χ1n) is 14.3. The van der Waals surface area contributed by atoms with Crippen LogP contribution in [0.4, 0.5) is 0 Å².